The Morgan fingerprint density at radius 2 is 1.59 bits per heavy atom. The van der Waals surface area contributed by atoms with Gasteiger partial charge in [-0.1, -0.05) is 41.9 Å². The van der Waals surface area contributed by atoms with Crippen molar-refractivity contribution < 1.29 is 36.2 Å². The van der Waals surface area contributed by atoms with Gasteiger partial charge in [0.1, 0.15) is 0 Å². The van der Waals surface area contributed by atoms with Crippen molar-refractivity contribution in [2.45, 2.75) is 18.0 Å². The zero-order valence-corrected chi connectivity index (χ0v) is 15.0. The van der Waals surface area contributed by atoms with Crippen molar-refractivity contribution in [3.63, 3.8) is 0 Å². The van der Waals surface area contributed by atoms with Crippen LogP contribution >= 0.6 is 11.6 Å². The number of rotatable bonds is 5. The molecule has 0 bridgehead atoms. The van der Waals surface area contributed by atoms with E-state index in [0.717, 1.165) is 0 Å². The highest BCUT2D eigenvalue weighted by Gasteiger charge is 2.72. The molecule has 0 radical (unpaired) electrons. The molecule has 0 unspecified atom stereocenters. The predicted molar refractivity (Wildman–Crippen MR) is 94.6 cm³/mol. The molecule has 0 atom stereocenters. The van der Waals surface area contributed by atoms with Crippen LogP contribution in [0.2, 0.25) is 5.02 Å². The fraction of sp³-hybridized carbons (Fsp3) is 0.235. The minimum atomic E-state index is -6.39. The number of hydrogen-bond acceptors (Lipinski definition) is 2. The number of aromatic amines is 1. The van der Waals surface area contributed by atoms with Gasteiger partial charge in [-0.2, -0.15) is 35.8 Å². The maximum atomic E-state index is 13.5. The van der Waals surface area contributed by atoms with E-state index in [-0.39, 0.29) is 22.2 Å². The molecule has 2 aromatic carbocycles. The lowest BCUT2D eigenvalue weighted by Crippen LogP contribution is -2.55. The van der Waals surface area contributed by atoms with E-state index in [1.165, 1.54) is 12.1 Å². The molecule has 3 aromatic rings. The maximum Gasteiger partial charge on any atom is 0.459 e. The Bertz CT molecular complexity index is 990. The third-order valence-corrected chi connectivity index (χ3v) is 4.34. The monoisotopic (exact) mass is 443 g/mol. The summed E-state index contributed by atoms with van der Waals surface area (Å²) in [4.78, 5) is 0. The van der Waals surface area contributed by atoms with Gasteiger partial charge < -0.3 is 10.8 Å². The second-order valence-electron chi connectivity index (χ2n) is 5.95. The molecule has 0 saturated heterocycles. The van der Waals surface area contributed by atoms with Crippen molar-refractivity contribution in [1.82, 2.24) is 10.2 Å². The summed E-state index contributed by atoms with van der Waals surface area (Å²) >= 11 is 6.19. The zero-order valence-electron chi connectivity index (χ0n) is 14.2. The molecule has 0 aliphatic heterocycles. The summed E-state index contributed by atoms with van der Waals surface area (Å²) in [5, 5.41) is 8.51. The molecule has 158 valence electrons. The largest absolute Gasteiger partial charge is 0.459 e. The van der Waals surface area contributed by atoms with Gasteiger partial charge >= 0.3 is 18.0 Å². The van der Waals surface area contributed by atoms with Crippen LogP contribution in [0.1, 0.15) is 0 Å². The molecule has 4 nitrogen and oxygen atoms in total. The first kappa shape index (κ1) is 22.8. The van der Waals surface area contributed by atoms with Gasteiger partial charge in [0.15, 0.2) is 5.82 Å². The van der Waals surface area contributed by atoms with Gasteiger partial charge in [0.05, 0.1) is 17.1 Å². The van der Waals surface area contributed by atoms with E-state index >= 15 is 0 Å². The lowest BCUT2D eigenvalue weighted by molar-refractivity contribution is -0.350. The molecule has 1 aromatic heterocycles. The van der Waals surface area contributed by atoms with Gasteiger partial charge in [0, 0.05) is 10.9 Å². The molecule has 0 aliphatic rings. The van der Waals surface area contributed by atoms with Crippen LogP contribution in [-0.4, -0.2) is 40.2 Å². The van der Waals surface area contributed by atoms with E-state index < -0.39 is 24.6 Å². The summed E-state index contributed by atoms with van der Waals surface area (Å²) in [6.45, 7) is -1.97. The topological polar surface area (TPSA) is 72.2 Å². The summed E-state index contributed by atoms with van der Waals surface area (Å²) in [6.07, 6.45) is -6.39. The lowest BCUT2D eigenvalue weighted by Gasteiger charge is -2.28. The molecular weight excluding hydrogens is 431 g/mol. The van der Waals surface area contributed by atoms with Crippen molar-refractivity contribution in [3.8, 4) is 11.1 Å². The van der Waals surface area contributed by atoms with Crippen molar-refractivity contribution in [3.05, 3.63) is 47.5 Å². The number of aromatic nitrogens is 2. The van der Waals surface area contributed by atoms with E-state index in [2.05, 4.69) is 10.2 Å². The highest BCUT2D eigenvalue weighted by atomic mass is 35.5. The number of fused-ring (bicyclic) bond motifs is 1. The minimum Gasteiger partial charge on any atom is -0.412 e. The van der Waals surface area contributed by atoms with Gasteiger partial charge in [0.25, 0.3) is 0 Å². The lowest BCUT2D eigenvalue weighted by atomic mass is 10.0. The van der Waals surface area contributed by atoms with Crippen molar-refractivity contribution in [2.75, 3.05) is 11.9 Å². The van der Waals surface area contributed by atoms with Crippen LogP contribution in [-0.2, 0) is 0 Å². The number of nitrogens with zero attached hydrogens (tertiary/aromatic N) is 1. The number of nitrogens with one attached hydrogen (secondary N) is 2. The number of anilines is 1. The number of H-pyrrole nitrogens is 1. The Kier molecular flexibility index (Phi) is 6.05. The van der Waals surface area contributed by atoms with Crippen LogP contribution in [0, 0.1) is 0 Å². The van der Waals surface area contributed by atoms with Gasteiger partial charge in [-0.3, -0.25) is 5.10 Å². The Hall–Kier alpha value is -2.53. The standard InChI is InChI=1S/C17H11ClF7N3.H2O/c18-12-7-13-11(6-10(12)9-4-2-1-3-5-9)14(28-27-13)26-8-15(19,20)16(21,22)17(23,24)25;/h1-7H,8H2,(H2,26,27,28);1H2. The van der Waals surface area contributed by atoms with Crippen LogP contribution in [0.25, 0.3) is 22.0 Å². The van der Waals surface area contributed by atoms with Gasteiger partial charge in [-0.05, 0) is 17.7 Å². The highest BCUT2D eigenvalue weighted by Crippen LogP contribution is 2.46. The van der Waals surface area contributed by atoms with E-state index in [1.807, 2.05) is 5.32 Å². The summed E-state index contributed by atoms with van der Waals surface area (Å²) in [7, 11) is 0. The first-order valence-electron chi connectivity index (χ1n) is 7.73. The third-order valence-electron chi connectivity index (χ3n) is 4.03. The normalized spacial score (nSPS) is 12.7. The summed E-state index contributed by atoms with van der Waals surface area (Å²) in [6, 6.07) is 11.6. The fourth-order valence-electron chi connectivity index (χ4n) is 2.52. The molecule has 0 amide bonds. The third kappa shape index (κ3) is 4.10. The molecule has 0 fully saturated rings. The Labute approximate surface area is 164 Å². The number of alkyl halides is 7. The summed E-state index contributed by atoms with van der Waals surface area (Å²) < 4.78 is 89.8. The maximum absolute atomic E-state index is 13.5. The second kappa shape index (κ2) is 7.71. The minimum absolute atomic E-state index is 0. The van der Waals surface area contributed by atoms with E-state index in [4.69, 9.17) is 11.6 Å². The van der Waals surface area contributed by atoms with E-state index in [9.17, 15) is 30.7 Å². The first-order valence-corrected chi connectivity index (χ1v) is 8.11. The van der Waals surface area contributed by atoms with Crippen molar-refractivity contribution >= 4 is 28.3 Å². The Morgan fingerprint density at radius 3 is 2.17 bits per heavy atom. The van der Waals surface area contributed by atoms with Crippen LogP contribution in [0.15, 0.2) is 42.5 Å². The molecular formula is C17H13ClF7N3O. The van der Waals surface area contributed by atoms with Crippen LogP contribution in [0.5, 0.6) is 0 Å². The molecule has 12 heteroatoms. The van der Waals surface area contributed by atoms with Crippen molar-refractivity contribution in [1.29, 1.82) is 0 Å². The molecule has 4 N–H and O–H groups in total. The average Bonchev–Trinajstić information content (AvgIpc) is 3.00. The highest BCUT2D eigenvalue weighted by molar-refractivity contribution is 6.34. The molecule has 3 rings (SSSR count). The number of halogens is 8. The predicted octanol–water partition coefficient (Wildman–Crippen LogP) is 5.30. The van der Waals surface area contributed by atoms with Gasteiger partial charge in [-0.15, -0.1) is 0 Å². The molecule has 0 aliphatic carbocycles. The number of benzene rings is 2. The average molecular weight is 444 g/mol. The smallest absolute Gasteiger partial charge is 0.412 e. The van der Waals surface area contributed by atoms with E-state index in [0.29, 0.717) is 16.1 Å². The van der Waals surface area contributed by atoms with Crippen LogP contribution < -0.4 is 5.32 Å². The van der Waals surface area contributed by atoms with Crippen molar-refractivity contribution in [2.24, 2.45) is 0 Å². The van der Waals surface area contributed by atoms with Crippen LogP contribution in [0.3, 0.4) is 0 Å². The number of hydrogen-bond donors (Lipinski definition) is 2. The Balaban J connectivity index is 0.00000300. The van der Waals surface area contributed by atoms with Gasteiger partial charge in [-0.25, -0.2) is 0 Å². The molecule has 0 spiro atoms. The molecule has 0 saturated carbocycles. The fourth-order valence-corrected chi connectivity index (χ4v) is 2.80. The van der Waals surface area contributed by atoms with E-state index in [1.54, 1.807) is 30.3 Å². The molecule has 1 heterocycles. The zero-order chi connectivity index (χ0) is 20.7. The SMILES string of the molecule is FC(F)(F)C(F)(F)C(F)(F)CNc1n[nH]c2cc(Cl)c(-c3ccccc3)cc12.O. The first-order chi connectivity index (χ1) is 12.9. The summed E-state index contributed by atoms with van der Waals surface area (Å²) in [5.41, 5.74) is 1.49. The molecule has 29 heavy (non-hydrogen) atoms. The quantitative estimate of drug-likeness (QED) is 0.525. The summed E-state index contributed by atoms with van der Waals surface area (Å²) in [5.74, 6) is -11.9. The Morgan fingerprint density at radius 1 is 0.966 bits per heavy atom. The second-order valence-corrected chi connectivity index (χ2v) is 6.35. The van der Waals surface area contributed by atoms with Gasteiger partial charge in [0.2, 0.25) is 0 Å². The van der Waals surface area contributed by atoms with Crippen LogP contribution in [0.4, 0.5) is 36.6 Å².